The van der Waals surface area contributed by atoms with Crippen molar-refractivity contribution in [2.45, 2.75) is 39.8 Å². The van der Waals surface area contributed by atoms with E-state index in [9.17, 15) is 9.59 Å². The van der Waals surface area contributed by atoms with Crippen LogP contribution in [0.5, 0.6) is 0 Å². The largest absolute Gasteiger partial charge is 0.308 e. The predicted octanol–water partition coefficient (Wildman–Crippen LogP) is 7.21. The van der Waals surface area contributed by atoms with Crippen LogP contribution < -0.4 is 9.80 Å². The van der Waals surface area contributed by atoms with Crippen LogP contribution in [-0.4, -0.2) is 21.8 Å². The van der Waals surface area contributed by atoms with Gasteiger partial charge in [-0.3, -0.25) is 14.5 Å². The van der Waals surface area contributed by atoms with Crippen LogP contribution in [0.15, 0.2) is 84.2 Å². The number of carbonyl (C=O) groups excluding carboxylic acids is 2. The second-order valence-electron chi connectivity index (χ2n) is 9.85. The van der Waals surface area contributed by atoms with Gasteiger partial charge in [0, 0.05) is 23.1 Å². The third-order valence-electron chi connectivity index (χ3n) is 7.01. The van der Waals surface area contributed by atoms with Gasteiger partial charge in [0.25, 0.3) is 5.91 Å². The first kappa shape index (κ1) is 26.1. The molecular weight excluding hydrogens is 537 g/mol. The summed E-state index contributed by atoms with van der Waals surface area (Å²) in [5, 5.41) is 3.52. The molecule has 1 aliphatic rings. The lowest BCUT2D eigenvalue weighted by molar-refractivity contribution is -0.119. The molecule has 5 aromatic rings. The quantitative estimate of drug-likeness (QED) is 0.210. The molecule has 0 unspecified atom stereocenters. The Bertz CT molecular complexity index is 1680. The molecule has 0 bridgehead atoms. The highest BCUT2D eigenvalue weighted by Crippen LogP contribution is 2.36. The van der Waals surface area contributed by atoms with E-state index in [4.69, 9.17) is 4.98 Å². The van der Waals surface area contributed by atoms with Gasteiger partial charge in [-0.2, -0.15) is 0 Å². The molecule has 0 saturated heterocycles. The first-order chi connectivity index (χ1) is 19.5. The number of nitrogens with zero attached hydrogens (tertiary/aromatic N) is 4. The summed E-state index contributed by atoms with van der Waals surface area (Å²) >= 11 is 2.88. The number of rotatable bonds is 7. The standard InChI is InChI=1S/C32H28N4O2S2/c1-21-30(40-22(2)33-21)31(38)36(19-24-11-7-4-8-12-24)32-34-27(20-39-32)25-13-15-28-26(17-25)14-16-29(37)35(28)18-23-9-5-3-6-10-23/h3-13,15,17,20H,14,16,18-19H2,1-2H3. The van der Waals surface area contributed by atoms with Gasteiger partial charge in [0.05, 0.1) is 29.5 Å². The number of hydrogen-bond donors (Lipinski definition) is 0. The highest BCUT2D eigenvalue weighted by Gasteiger charge is 2.27. The molecule has 3 aromatic carbocycles. The summed E-state index contributed by atoms with van der Waals surface area (Å²) < 4.78 is 0. The first-order valence-electron chi connectivity index (χ1n) is 13.2. The third-order valence-corrected chi connectivity index (χ3v) is 8.93. The number of aromatic nitrogens is 2. The molecule has 1 aliphatic heterocycles. The highest BCUT2D eigenvalue weighted by atomic mass is 32.1. The van der Waals surface area contributed by atoms with Crippen molar-refractivity contribution in [1.29, 1.82) is 0 Å². The van der Waals surface area contributed by atoms with E-state index < -0.39 is 0 Å². The highest BCUT2D eigenvalue weighted by molar-refractivity contribution is 7.15. The predicted molar refractivity (Wildman–Crippen MR) is 162 cm³/mol. The lowest BCUT2D eigenvalue weighted by Gasteiger charge is -2.30. The first-order valence-corrected chi connectivity index (χ1v) is 14.9. The minimum absolute atomic E-state index is 0.0895. The molecule has 40 heavy (non-hydrogen) atoms. The Kier molecular flexibility index (Phi) is 7.28. The van der Waals surface area contributed by atoms with Crippen LogP contribution in [0.25, 0.3) is 11.3 Å². The molecule has 6 rings (SSSR count). The summed E-state index contributed by atoms with van der Waals surface area (Å²) in [6.07, 6.45) is 1.19. The average Bonchev–Trinajstić information content (AvgIpc) is 3.60. The van der Waals surface area contributed by atoms with Gasteiger partial charge < -0.3 is 4.90 Å². The average molecular weight is 565 g/mol. The Morgan fingerprint density at radius 3 is 2.35 bits per heavy atom. The van der Waals surface area contributed by atoms with E-state index >= 15 is 0 Å². The fourth-order valence-corrected chi connectivity index (χ4v) is 6.72. The molecular formula is C32H28N4O2S2. The van der Waals surface area contributed by atoms with Crippen LogP contribution in [0.2, 0.25) is 0 Å². The monoisotopic (exact) mass is 564 g/mol. The van der Waals surface area contributed by atoms with Gasteiger partial charge in [-0.25, -0.2) is 9.97 Å². The number of hydrogen-bond acceptors (Lipinski definition) is 6. The Labute approximate surface area is 241 Å². The van der Waals surface area contributed by atoms with Crippen molar-refractivity contribution >= 4 is 45.3 Å². The molecule has 2 aromatic heterocycles. The molecule has 0 spiro atoms. The Morgan fingerprint density at radius 2 is 1.65 bits per heavy atom. The second-order valence-corrected chi connectivity index (χ2v) is 11.9. The molecule has 6 nitrogen and oxygen atoms in total. The van der Waals surface area contributed by atoms with Crippen LogP contribution >= 0.6 is 22.7 Å². The Morgan fingerprint density at radius 1 is 0.925 bits per heavy atom. The van der Waals surface area contributed by atoms with Gasteiger partial charge in [0.1, 0.15) is 4.88 Å². The lowest BCUT2D eigenvalue weighted by Crippen LogP contribution is -2.34. The zero-order valence-corrected chi connectivity index (χ0v) is 24.0. The minimum atomic E-state index is -0.0895. The molecule has 3 heterocycles. The Hall–Kier alpha value is -4.14. The summed E-state index contributed by atoms with van der Waals surface area (Å²) in [7, 11) is 0. The smallest absolute Gasteiger partial charge is 0.272 e. The number of anilines is 2. The van der Waals surface area contributed by atoms with Gasteiger partial charge in [-0.05, 0) is 49.1 Å². The summed E-state index contributed by atoms with van der Waals surface area (Å²) in [6.45, 7) is 4.77. The van der Waals surface area contributed by atoms with Crippen LogP contribution in [0, 0.1) is 13.8 Å². The molecule has 0 radical (unpaired) electrons. The van der Waals surface area contributed by atoms with Crippen molar-refractivity contribution in [2.75, 3.05) is 9.80 Å². The van der Waals surface area contributed by atoms with Crippen molar-refractivity contribution < 1.29 is 9.59 Å². The van der Waals surface area contributed by atoms with Crippen molar-refractivity contribution in [1.82, 2.24) is 9.97 Å². The van der Waals surface area contributed by atoms with E-state index in [2.05, 4.69) is 11.1 Å². The zero-order valence-electron chi connectivity index (χ0n) is 22.3. The summed E-state index contributed by atoms with van der Waals surface area (Å²) in [4.78, 5) is 40.3. The van der Waals surface area contributed by atoms with E-state index in [1.807, 2.05) is 96.9 Å². The zero-order chi connectivity index (χ0) is 27.6. The van der Waals surface area contributed by atoms with E-state index in [0.29, 0.717) is 35.9 Å². The molecule has 8 heteroatoms. The maximum Gasteiger partial charge on any atom is 0.272 e. The number of thiazole rings is 2. The fraction of sp³-hybridized carbons (Fsp3) is 0.188. The molecule has 2 amide bonds. The summed E-state index contributed by atoms with van der Waals surface area (Å²) in [6, 6.07) is 26.2. The van der Waals surface area contributed by atoms with Gasteiger partial charge in [0.2, 0.25) is 5.91 Å². The number of fused-ring (bicyclic) bond motifs is 1. The number of benzene rings is 3. The SMILES string of the molecule is Cc1nc(C)c(C(=O)N(Cc2ccccc2)c2nc(-c3ccc4c(c3)CCC(=O)N4Cc3ccccc3)cs2)s1. The lowest BCUT2D eigenvalue weighted by atomic mass is 9.97. The van der Waals surface area contributed by atoms with Crippen LogP contribution in [-0.2, 0) is 24.3 Å². The maximum atomic E-state index is 13.8. The van der Waals surface area contributed by atoms with Gasteiger partial charge >= 0.3 is 0 Å². The molecule has 0 fully saturated rings. The third kappa shape index (κ3) is 5.33. The number of aryl methyl sites for hydroxylation is 3. The van der Waals surface area contributed by atoms with Crippen molar-refractivity contribution in [3.63, 3.8) is 0 Å². The molecule has 0 saturated carbocycles. The van der Waals surface area contributed by atoms with E-state index in [-0.39, 0.29) is 11.8 Å². The van der Waals surface area contributed by atoms with E-state index in [1.54, 1.807) is 4.90 Å². The molecule has 200 valence electrons. The van der Waals surface area contributed by atoms with Gasteiger partial charge in [-0.1, -0.05) is 66.7 Å². The molecule has 0 N–H and O–H groups in total. The fourth-order valence-electron chi connectivity index (χ4n) is 5.02. The minimum Gasteiger partial charge on any atom is -0.308 e. The van der Waals surface area contributed by atoms with Gasteiger partial charge in [-0.15, -0.1) is 22.7 Å². The van der Waals surface area contributed by atoms with Crippen molar-refractivity contribution in [3.05, 3.63) is 117 Å². The molecule has 0 aliphatic carbocycles. The van der Waals surface area contributed by atoms with Crippen molar-refractivity contribution in [3.8, 4) is 11.3 Å². The topological polar surface area (TPSA) is 66.4 Å². The van der Waals surface area contributed by atoms with Crippen molar-refractivity contribution in [2.24, 2.45) is 0 Å². The normalized spacial score (nSPS) is 12.8. The van der Waals surface area contributed by atoms with Gasteiger partial charge in [0.15, 0.2) is 5.13 Å². The Balaban J connectivity index is 1.31. The van der Waals surface area contributed by atoms with E-state index in [0.717, 1.165) is 44.3 Å². The van der Waals surface area contributed by atoms with Crippen LogP contribution in [0.1, 0.15) is 43.5 Å². The number of carbonyl (C=O) groups is 2. The van der Waals surface area contributed by atoms with Crippen LogP contribution in [0.3, 0.4) is 0 Å². The summed E-state index contributed by atoms with van der Waals surface area (Å²) in [5.41, 5.74) is 6.76. The second kappa shape index (κ2) is 11.2. The summed E-state index contributed by atoms with van der Waals surface area (Å²) in [5.74, 6) is 0.0528. The van der Waals surface area contributed by atoms with Crippen LogP contribution in [0.4, 0.5) is 10.8 Å². The molecule has 0 atom stereocenters. The number of amides is 2. The van der Waals surface area contributed by atoms with E-state index in [1.165, 1.54) is 22.7 Å². The maximum absolute atomic E-state index is 13.8.